The molecule has 0 radical (unpaired) electrons. The average molecular weight is 295 g/mol. The number of rotatable bonds is 11. The van der Waals surface area contributed by atoms with Crippen LogP contribution in [0.4, 0.5) is 0 Å². The topological polar surface area (TPSA) is 53.7 Å². The van der Waals surface area contributed by atoms with Crippen LogP contribution < -0.4 is 5.73 Å². The van der Waals surface area contributed by atoms with Crippen molar-refractivity contribution in [1.82, 2.24) is 0 Å². The van der Waals surface area contributed by atoms with E-state index in [-0.39, 0.29) is 12.1 Å². The summed E-state index contributed by atoms with van der Waals surface area (Å²) < 4.78 is 16.4. The van der Waals surface area contributed by atoms with E-state index in [0.717, 1.165) is 18.6 Å². The van der Waals surface area contributed by atoms with Crippen LogP contribution in [0.5, 0.6) is 0 Å². The Morgan fingerprint density at radius 1 is 1.00 bits per heavy atom. The van der Waals surface area contributed by atoms with E-state index in [1.54, 1.807) is 7.11 Å². The predicted octanol–water partition coefficient (Wildman–Crippen LogP) is 2.78. The van der Waals surface area contributed by atoms with E-state index < -0.39 is 0 Å². The maximum absolute atomic E-state index is 6.34. The molecule has 0 saturated carbocycles. The lowest BCUT2D eigenvalue weighted by molar-refractivity contribution is -0.0287. The van der Waals surface area contributed by atoms with Gasteiger partial charge in [-0.25, -0.2) is 0 Å². The molecule has 0 aliphatic carbocycles. The zero-order valence-corrected chi connectivity index (χ0v) is 13.5. The number of ether oxygens (including phenoxy) is 3. The molecule has 120 valence electrons. The van der Waals surface area contributed by atoms with E-state index in [2.05, 4.69) is 13.8 Å². The quantitative estimate of drug-likeness (QED) is 0.638. The first kappa shape index (κ1) is 18.1. The molecule has 1 aromatic carbocycles. The molecule has 4 heteroatoms. The van der Waals surface area contributed by atoms with Crippen molar-refractivity contribution in [1.29, 1.82) is 0 Å². The van der Waals surface area contributed by atoms with Crippen molar-refractivity contribution in [2.45, 2.75) is 32.4 Å². The molecule has 0 fully saturated rings. The molecule has 0 saturated heterocycles. The van der Waals surface area contributed by atoms with Crippen LogP contribution in [-0.4, -0.2) is 39.6 Å². The fraction of sp³-hybridized carbons (Fsp3) is 0.647. The summed E-state index contributed by atoms with van der Waals surface area (Å²) in [4.78, 5) is 0. The van der Waals surface area contributed by atoms with Gasteiger partial charge in [0.05, 0.1) is 25.4 Å². The maximum atomic E-state index is 6.34. The first-order valence-corrected chi connectivity index (χ1v) is 7.65. The number of hydrogen-bond donors (Lipinski definition) is 1. The summed E-state index contributed by atoms with van der Waals surface area (Å²) in [5, 5.41) is 0. The zero-order chi connectivity index (χ0) is 15.5. The Morgan fingerprint density at radius 2 is 1.71 bits per heavy atom. The van der Waals surface area contributed by atoms with Crippen LogP contribution >= 0.6 is 0 Å². The second-order valence-electron chi connectivity index (χ2n) is 5.47. The van der Waals surface area contributed by atoms with Crippen molar-refractivity contribution in [3.8, 4) is 0 Å². The van der Waals surface area contributed by atoms with Crippen molar-refractivity contribution in [2.24, 2.45) is 11.7 Å². The van der Waals surface area contributed by atoms with E-state index in [9.17, 15) is 0 Å². The van der Waals surface area contributed by atoms with Gasteiger partial charge in [-0.1, -0.05) is 44.2 Å². The molecule has 4 nitrogen and oxygen atoms in total. The first-order chi connectivity index (χ1) is 10.2. The van der Waals surface area contributed by atoms with Crippen LogP contribution in [0.15, 0.2) is 30.3 Å². The smallest absolute Gasteiger partial charge is 0.0791 e. The van der Waals surface area contributed by atoms with Gasteiger partial charge in [0.2, 0.25) is 0 Å². The molecule has 2 atom stereocenters. The van der Waals surface area contributed by atoms with Crippen LogP contribution in [0.3, 0.4) is 0 Å². The molecule has 0 heterocycles. The van der Waals surface area contributed by atoms with Gasteiger partial charge < -0.3 is 19.9 Å². The second-order valence-corrected chi connectivity index (χ2v) is 5.47. The van der Waals surface area contributed by atoms with Gasteiger partial charge in [-0.2, -0.15) is 0 Å². The van der Waals surface area contributed by atoms with Gasteiger partial charge in [0.1, 0.15) is 0 Å². The lowest BCUT2D eigenvalue weighted by Crippen LogP contribution is -2.34. The van der Waals surface area contributed by atoms with Gasteiger partial charge in [0.15, 0.2) is 0 Å². The third-order valence-electron chi connectivity index (χ3n) is 3.37. The standard InChI is InChI=1S/C17H29NO3/c1-14(2)17(16(18)15-8-5-4-6-9-15)21-13-12-20-11-7-10-19-3/h4-6,8-9,14,16-17H,7,10-13,18H2,1-3H3. The van der Waals surface area contributed by atoms with E-state index in [1.807, 2.05) is 30.3 Å². The van der Waals surface area contributed by atoms with Gasteiger partial charge in [-0.15, -0.1) is 0 Å². The highest BCUT2D eigenvalue weighted by Crippen LogP contribution is 2.22. The van der Waals surface area contributed by atoms with Crippen molar-refractivity contribution in [3.63, 3.8) is 0 Å². The van der Waals surface area contributed by atoms with Crippen LogP contribution in [0.2, 0.25) is 0 Å². The van der Waals surface area contributed by atoms with Crippen molar-refractivity contribution in [2.75, 3.05) is 33.5 Å². The molecule has 0 amide bonds. The monoisotopic (exact) mass is 295 g/mol. The maximum Gasteiger partial charge on any atom is 0.0791 e. The second kappa shape index (κ2) is 10.7. The number of benzene rings is 1. The fourth-order valence-electron chi connectivity index (χ4n) is 2.23. The van der Waals surface area contributed by atoms with Gasteiger partial charge in [-0.05, 0) is 17.9 Å². The molecule has 2 unspecified atom stereocenters. The number of nitrogens with two attached hydrogens (primary N) is 1. The summed E-state index contributed by atoms with van der Waals surface area (Å²) in [7, 11) is 1.70. The van der Waals surface area contributed by atoms with Gasteiger partial charge >= 0.3 is 0 Å². The summed E-state index contributed by atoms with van der Waals surface area (Å²) in [5.41, 5.74) is 7.45. The van der Waals surface area contributed by atoms with Crippen molar-refractivity contribution in [3.05, 3.63) is 35.9 Å². The molecule has 0 aliphatic rings. The lowest BCUT2D eigenvalue weighted by Gasteiger charge is -2.28. The summed E-state index contributed by atoms with van der Waals surface area (Å²) in [6.07, 6.45) is 0.906. The Bertz CT molecular complexity index is 356. The Balaban J connectivity index is 2.33. The van der Waals surface area contributed by atoms with Crippen molar-refractivity contribution >= 4 is 0 Å². The Labute approximate surface area is 128 Å². The lowest BCUT2D eigenvalue weighted by atomic mass is 9.94. The zero-order valence-electron chi connectivity index (χ0n) is 13.5. The molecule has 21 heavy (non-hydrogen) atoms. The molecular formula is C17H29NO3. The normalized spacial score (nSPS) is 14.3. The summed E-state index contributed by atoms with van der Waals surface area (Å²) in [5.74, 6) is 0.355. The molecule has 1 aromatic rings. The van der Waals surface area contributed by atoms with Crippen LogP contribution in [0.25, 0.3) is 0 Å². The highest BCUT2D eigenvalue weighted by molar-refractivity contribution is 5.19. The van der Waals surface area contributed by atoms with Crippen LogP contribution in [-0.2, 0) is 14.2 Å². The summed E-state index contributed by atoms with van der Waals surface area (Å²) in [6.45, 7) is 6.85. The minimum atomic E-state index is -0.111. The summed E-state index contributed by atoms with van der Waals surface area (Å²) >= 11 is 0. The third-order valence-corrected chi connectivity index (χ3v) is 3.37. The molecule has 2 N–H and O–H groups in total. The first-order valence-electron chi connectivity index (χ1n) is 7.65. The highest BCUT2D eigenvalue weighted by Gasteiger charge is 2.23. The Kier molecular flexibility index (Phi) is 9.26. The SMILES string of the molecule is COCCCOCCOC(C(C)C)C(N)c1ccccc1. The van der Waals surface area contributed by atoms with E-state index in [1.165, 1.54) is 0 Å². The van der Waals surface area contributed by atoms with Gasteiger partial charge in [0.25, 0.3) is 0 Å². The molecule has 0 aliphatic heterocycles. The van der Waals surface area contributed by atoms with E-state index >= 15 is 0 Å². The number of methoxy groups -OCH3 is 1. The molecule has 0 spiro atoms. The van der Waals surface area contributed by atoms with Crippen LogP contribution in [0.1, 0.15) is 31.9 Å². The van der Waals surface area contributed by atoms with Gasteiger partial charge in [0, 0.05) is 20.3 Å². The van der Waals surface area contributed by atoms with E-state index in [0.29, 0.717) is 25.7 Å². The minimum absolute atomic E-state index is 0.00465. The van der Waals surface area contributed by atoms with Crippen LogP contribution in [0, 0.1) is 5.92 Å². The molecule has 0 bridgehead atoms. The average Bonchev–Trinajstić information content (AvgIpc) is 2.50. The Morgan fingerprint density at radius 3 is 2.33 bits per heavy atom. The van der Waals surface area contributed by atoms with Gasteiger partial charge in [-0.3, -0.25) is 0 Å². The van der Waals surface area contributed by atoms with E-state index in [4.69, 9.17) is 19.9 Å². The predicted molar refractivity (Wildman–Crippen MR) is 85.3 cm³/mol. The molecule has 0 aromatic heterocycles. The summed E-state index contributed by atoms with van der Waals surface area (Å²) in [6, 6.07) is 9.99. The number of hydrogen-bond acceptors (Lipinski definition) is 4. The molecular weight excluding hydrogens is 266 g/mol. The highest BCUT2D eigenvalue weighted by atomic mass is 16.5. The largest absolute Gasteiger partial charge is 0.385 e. The Hall–Kier alpha value is -0.940. The van der Waals surface area contributed by atoms with Crippen molar-refractivity contribution < 1.29 is 14.2 Å². The molecule has 1 rings (SSSR count). The fourth-order valence-corrected chi connectivity index (χ4v) is 2.23. The minimum Gasteiger partial charge on any atom is -0.385 e. The third kappa shape index (κ3) is 7.05.